The minimum absolute atomic E-state index is 0. The molecule has 10 heteroatoms. The molecule has 1 heterocycles. The molecule has 0 spiro atoms. The Hall–Kier alpha value is -2.95. The van der Waals surface area contributed by atoms with E-state index in [2.05, 4.69) is 5.32 Å². The van der Waals surface area contributed by atoms with Crippen LogP contribution in [0.3, 0.4) is 0 Å². The number of hydrogen-bond donors (Lipinski definition) is 3. The van der Waals surface area contributed by atoms with Crippen LogP contribution in [-0.4, -0.2) is 46.0 Å². The van der Waals surface area contributed by atoms with Crippen LogP contribution in [0.5, 0.6) is 5.75 Å². The molecule has 0 saturated heterocycles. The van der Waals surface area contributed by atoms with Gasteiger partial charge in [-0.25, -0.2) is 4.39 Å². The molecule has 202 valence electrons. The maximum absolute atomic E-state index is 13.7. The van der Waals surface area contributed by atoms with E-state index in [0.29, 0.717) is 46.9 Å². The van der Waals surface area contributed by atoms with Crippen LogP contribution in [0.25, 0.3) is 17.2 Å². The van der Waals surface area contributed by atoms with E-state index in [4.69, 9.17) is 4.74 Å². The fourth-order valence-corrected chi connectivity index (χ4v) is 4.39. The van der Waals surface area contributed by atoms with Gasteiger partial charge in [-0.1, -0.05) is 30.3 Å². The van der Waals surface area contributed by atoms with Gasteiger partial charge in [-0.15, -0.1) is 0 Å². The van der Waals surface area contributed by atoms with Crippen LogP contribution in [0.2, 0.25) is 0 Å². The molecule has 0 aliphatic heterocycles. The molecule has 3 N–H and O–H groups in total. The standard InChI is InChI=1S/C29H33FN2O6.Na/c1-4-32-25(14-11-22(33)15-23(34)16-26(35)36)27(20-7-9-21(30)10-8-20)18(2)28(32)29(37)31-17-19-5-12-24(38-3)13-6-19;/h5-14,22-23,33-34H,4,15-17H2,1-3H3,(H,31,37)(H,35,36);/q;+1/p-1/b14-11+;/t22-,23-;/m1./s1. The number of methoxy groups -OCH3 is 1. The van der Waals surface area contributed by atoms with Crippen LogP contribution in [-0.2, 0) is 17.9 Å². The maximum atomic E-state index is 13.7. The number of halogens is 1. The van der Waals surface area contributed by atoms with Crippen molar-refractivity contribution in [3.8, 4) is 16.9 Å². The molecule has 0 unspecified atom stereocenters. The van der Waals surface area contributed by atoms with E-state index in [-0.39, 0.29) is 41.9 Å². The number of rotatable bonds is 12. The Labute approximate surface area is 249 Å². The fourth-order valence-electron chi connectivity index (χ4n) is 4.39. The minimum atomic E-state index is -1.41. The van der Waals surface area contributed by atoms with E-state index < -0.39 is 30.4 Å². The van der Waals surface area contributed by atoms with Crippen LogP contribution >= 0.6 is 0 Å². The van der Waals surface area contributed by atoms with Crippen molar-refractivity contribution in [3.63, 3.8) is 0 Å². The predicted octanol–water partition coefficient (Wildman–Crippen LogP) is -0.170. The molecule has 0 aliphatic rings. The number of carboxylic acid groups (broad SMARTS) is 1. The number of carboxylic acids is 1. The van der Waals surface area contributed by atoms with Crippen molar-refractivity contribution in [2.75, 3.05) is 7.11 Å². The van der Waals surface area contributed by atoms with Crippen molar-refractivity contribution in [2.45, 2.75) is 52.0 Å². The van der Waals surface area contributed by atoms with Gasteiger partial charge in [-0.05, 0) is 60.9 Å². The number of aliphatic hydroxyl groups excluding tert-OH is 2. The number of carbonyl (C=O) groups is 2. The van der Waals surface area contributed by atoms with E-state index in [1.807, 2.05) is 38.1 Å². The molecule has 2 atom stereocenters. The van der Waals surface area contributed by atoms with Gasteiger partial charge in [0.25, 0.3) is 5.91 Å². The maximum Gasteiger partial charge on any atom is 1.00 e. The number of benzene rings is 2. The molecule has 0 fully saturated rings. The second-order valence-corrected chi connectivity index (χ2v) is 8.91. The summed E-state index contributed by atoms with van der Waals surface area (Å²) >= 11 is 0. The molecule has 0 bridgehead atoms. The summed E-state index contributed by atoms with van der Waals surface area (Å²) in [5, 5.41) is 33.9. The van der Waals surface area contributed by atoms with Crippen molar-refractivity contribution in [1.29, 1.82) is 0 Å². The van der Waals surface area contributed by atoms with Gasteiger partial charge < -0.3 is 34.7 Å². The quantitative estimate of drug-likeness (QED) is 0.271. The van der Waals surface area contributed by atoms with Crippen molar-refractivity contribution in [2.24, 2.45) is 0 Å². The van der Waals surface area contributed by atoms with Crippen LogP contribution in [0, 0.1) is 12.7 Å². The summed E-state index contributed by atoms with van der Waals surface area (Å²) < 4.78 is 20.6. The van der Waals surface area contributed by atoms with Gasteiger partial charge in [0.05, 0.1) is 19.3 Å². The Balaban J connectivity index is 0.00000533. The first-order valence-corrected chi connectivity index (χ1v) is 12.3. The van der Waals surface area contributed by atoms with Crippen LogP contribution in [0.1, 0.15) is 47.1 Å². The van der Waals surface area contributed by atoms with E-state index in [9.17, 15) is 29.3 Å². The number of ether oxygens (including phenoxy) is 1. The molecule has 1 amide bonds. The molecule has 0 saturated carbocycles. The third-order valence-corrected chi connectivity index (χ3v) is 6.22. The minimum Gasteiger partial charge on any atom is -0.550 e. The third kappa shape index (κ3) is 8.52. The van der Waals surface area contributed by atoms with Gasteiger partial charge in [0, 0.05) is 43.2 Å². The summed E-state index contributed by atoms with van der Waals surface area (Å²) in [7, 11) is 1.58. The Bertz CT molecular complexity index is 1290. The van der Waals surface area contributed by atoms with Crippen molar-refractivity contribution < 1.29 is 63.6 Å². The molecular formula is C29H32FN2NaO6. The van der Waals surface area contributed by atoms with E-state index in [1.165, 1.54) is 18.2 Å². The van der Waals surface area contributed by atoms with Crippen molar-refractivity contribution in [1.82, 2.24) is 9.88 Å². The number of hydrogen-bond acceptors (Lipinski definition) is 6. The molecule has 3 rings (SSSR count). The number of aromatic nitrogens is 1. The Morgan fingerprint density at radius 3 is 2.33 bits per heavy atom. The first-order valence-electron chi connectivity index (χ1n) is 12.3. The first-order chi connectivity index (χ1) is 18.1. The Morgan fingerprint density at radius 1 is 1.13 bits per heavy atom. The van der Waals surface area contributed by atoms with Gasteiger partial charge in [-0.2, -0.15) is 0 Å². The molecular weight excluding hydrogens is 514 g/mol. The van der Waals surface area contributed by atoms with Crippen LogP contribution in [0.15, 0.2) is 54.6 Å². The SMILES string of the molecule is CCn1c(/C=C/[C@@H](O)C[C@@H](O)CC(=O)[O-])c(-c2ccc(F)cc2)c(C)c1C(=O)NCc1ccc(OC)cc1.[Na+]. The van der Waals surface area contributed by atoms with Gasteiger partial charge in [0.15, 0.2) is 0 Å². The van der Waals surface area contributed by atoms with Crippen LogP contribution < -0.4 is 44.7 Å². The summed E-state index contributed by atoms with van der Waals surface area (Å²) in [6.07, 6.45) is -0.128. The Morgan fingerprint density at radius 2 is 1.77 bits per heavy atom. The molecule has 2 aromatic carbocycles. The summed E-state index contributed by atoms with van der Waals surface area (Å²) in [5.41, 5.74) is 3.98. The molecule has 1 aromatic heterocycles. The summed E-state index contributed by atoms with van der Waals surface area (Å²) in [6.45, 7) is 4.41. The van der Waals surface area contributed by atoms with E-state index in [0.717, 1.165) is 5.56 Å². The van der Waals surface area contributed by atoms with Gasteiger partial charge in [0.2, 0.25) is 0 Å². The second kappa shape index (κ2) is 15.0. The summed E-state index contributed by atoms with van der Waals surface area (Å²) in [5.74, 6) is -1.39. The normalized spacial score (nSPS) is 12.6. The number of nitrogens with zero attached hydrogens (tertiary/aromatic N) is 1. The number of aliphatic hydroxyl groups is 2. The number of carbonyl (C=O) groups excluding carboxylic acids is 2. The second-order valence-electron chi connectivity index (χ2n) is 8.91. The van der Waals surface area contributed by atoms with Crippen LogP contribution in [0.4, 0.5) is 4.39 Å². The van der Waals surface area contributed by atoms with E-state index >= 15 is 0 Å². The zero-order chi connectivity index (χ0) is 27.8. The fraction of sp³-hybridized carbons (Fsp3) is 0.310. The van der Waals surface area contributed by atoms with Gasteiger partial charge >= 0.3 is 29.6 Å². The molecule has 39 heavy (non-hydrogen) atoms. The molecule has 8 nitrogen and oxygen atoms in total. The average molecular weight is 547 g/mol. The molecule has 3 aromatic rings. The zero-order valence-electron chi connectivity index (χ0n) is 22.6. The average Bonchev–Trinajstić information content (AvgIpc) is 3.17. The predicted molar refractivity (Wildman–Crippen MR) is 140 cm³/mol. The monoisotopic (exact) mass is 546 g/mol. The summed E-state index contributed by atoms with van der Waals surface area (Å²) in [4.78, 5) is 24.1. The zero-order valence-corrected chi connectivity index (χ0v) is 24.6. The Kier molecular flexibility index (Phi) is 12.4. The first kappa shape index (κ1) is 32.3. The van der Waals surface area contributed by atoms with Gasteiger partial charge in [0.1, 0.15) is 17.3 Å². The van der Waals surface area contributed by atoms with Crippen molar-refractivity contribution in [3.05, 3.63) is 82.9 Å². The third-order valence-electron chi connectivity index (χ3n) is 6.22. The number of aliphatic carboxylic acids is 1. The number of nitrogens with one attached hydrogen (secondary N) is 1. The van der Waals surface area contributed by atoms with Crippen molar-refractivity contribution >= 4 is 18.0 Å². The summed E-state index contributed by atoms with van der Waals surface area (Å²) in [6, 6.07) is 13.2. The van der Waals surface area contributed by atoms with Gasteiger partial charge in [-0.3, -0.25) is 4.79 Å². The molecule has 0 radical (unpaired) electrons. The van der Waals surface area contributed by atoms with E-state index in [1.54, 1.807) is 29.9 Å². The topological polar surface area (TPSA) is 124 Å². The molecule has 0 aliphatic carbocycles. The smallest absolute Gasteiger partial charge is 0.550 e. The number of amides is 1. The largest absolute Gasteiger partial charge is 1.00 e.